The molecule has 0 aromatic heterocycles. The highest BCUT2D eigenvalue weighted by Crippen LogP contribution is 2.36. The fourth-order valence-electron chi connectivity index (χ4n) is 1.46. The second-order valence-corrected chi connectivity index (χ2v) is 4.86. The number of benzene rings is 1. The van der Waals surface area contributed by atoms with E-state index in [1.54, 1.807) is 13.2 Å². The second-order valence-electron chi connectivity index (χ2n) is 4.01. The van der Waals surface area contributed by atoms with Crippen molar-refractivity contribution in [3.05, 3.63) is 22.2 Å². The maximum absolute atomic E-state index is 9.13. The summed E-state index contributed by atoms with van der Waals surface area (Å²) in [7, 11) is 1.61. The summed E-state index contributed by atoms with van der Waals surface area (Å²) in [5.74, 6) is 2.12. The zero-order valence-corrected chi connectivity index (χ0v) is 10.8. The molecule has 0 amide bonds. The van der Waals surface area contributed by atoms with Crippen molar-refractivity contribution in [3.8, 4) is 11.5 Å². The highest BCUT2D eigenvalue weighted by molar-refractivity contribution is 9.10. The zero-order valence-electron chi connectivity index (χ0n) is 9.20. The molecule has 88 valence electrons. The molecule has 0 aliphatic heterocycles. The minimum atomic E-state index is -0.0140. The first kappa shape index (κ1) is 11.7. The Morgan fingerprint density at radius 1 is 1.38 bits per heavy atom. The van der Waals surface area contributed by atoms with Crippen molar-refractivity contribution in [1.29, 1.82) is 0 Å². The minimum absolute atomic E-state index is 0.0140. The predicted octanol–water partition coefficient (Wildman–Crippen LogP) is 2.74. The number of aliphatic hydroxyl groups excluding tert-OH is 1. The van der Waals surface area contributed by atoms with Gasteiger partial charge in [-0.1, -0.05) is 15.9 Å². The molecule has 2 rings (SSSR count). The van der Waals surface area contributed by atoms with E-state index in [1.807, 2.05) is 6.07 Å². The Kier molecular flexibility index (Phi) is 3.71. The molecule has 16 heavy (non-hydrogen) atoms. The number of hydrogen-bond acceptors (Lipinski definition) is 3. The first-order chi connectivity index (χ1) is 7.74. The van der Waals surface area contributed by atoms with E-state index < -0.39 is 0 Å². The van der Waals surface area contributed by atoms with E-state index in [4.69, 9.17) is 14.6 Å². The van der Waals surface area contributed by atoms with Crippen molar-refractivity contribution in [3.63, 3.8) is 0 Å². The molecule has 0 radical (unpaired) electrons. The van der Waals surface area contributed by atoms with Crippen LogP contribution in [0.5, 0.6) is 11.5 Å². The molecule has 0 heterocycles. The first-order valence-corrected chi connectivity index (χ1v) is 6.14. The summed E-state index contributed by atoms with van der Waals surface area (Å²) in [6.07, 6.45) is 2.52. The summed E-state index contributed by atoms with van der Waals surface area (Å²) in [6, 6.07) is 3.65. The van der Waals surface area contributed by atoms with Crippen LogP contribution in [0, 0.1) is 5.92 Å². The van der Waals surface area contributed by atoms with Crippen LogP contribution in [-0.2, 0) is 6.61 Å². The Labute approximate surface area is 104 Å². The van der Waals surface area contributed by atoms with Gasteiger partial charge in [-0.3, -0.25) is 0 Å². The molecule has 1 saturated carbocycles. The summed E-state index contributed by atoms with van der Waals surface area (Å²) in [4.78, 5) is 0. The van der Waals surface area contributed by atoms with E-state index in [0.717, 1.165) is 22.4 Å². The third-order valence-corrected chi connectivity index (χ3v) is 3.41. The second kappa shape index (κ2) is 5.06. The summed E-state index contributed by atoms with van der Waals surface area (Å²) in [5.41, 5.74) is 0.802. The van der Waals surface area contributed by atoms with Gasteiger partial charge in [-0.15, -0.1) is 0 Å². The van der Waals surface area contributed by atoms with Crippen molar-refractivity contribution in [2.45, 2.75) is 19.4 Å². The highest BCUT2D eigenvalue weighted by atomic mass is 79.9. The van der Waals surface area contributed by atoms with Gasteiger partial charge in [0.15, 0.2) is 11.5 Å². The minimum Gasteiger partial charge on any atom is -0.493 e. The van der Waals surface area contributed by atoms with E-state index in [0.29, 0.717) is 11.7 Å². The van der Waals surface area contributed by atoms with Gasteiger partial charge >= 0.3 is 0 Å². The number of rotatable bonds is 5. The lowest BCUT2D eigenvalue weighted by molar-refractivity contribution is 0.272. The van der Waals surface area contributed by atoms with Gasteiger partial charge in [0.1, 0.15) is 0 Å². The van der Waals surface area contributed by atoms with Crippen molar-refractivity contribution in [2.75, 3.05) is 13.7 Å². The molecule has 0 saturated heterocycles. The largest absolute Gasteiger partial charge is 0.493 e. The molecular formula is C12H15BrO3. The van der Waals surface area contributed by atoms with Gasteiger partial charge in [0.05, 0.1) is 20.3 Å². The molecule has 3 nitrogen and oxygen atoms in total. The topological polar surface area (TPSA) is 38.7 Å². The summed E-state index contributed by atoms with van der Waals surface area (Å²) in [5, 5.41) is 9.13. The number of ether oxygens (including phenoxy) is 2. The standard InChI is InChI=1S/C12H15BrO3/c1-15-11-4-9(6-14)10(13)5-12(11)16-7-8-2-3-8/h4-5,8,14H,2-3,6-7H2,1H3. The molecular weight excluding hydrogens is 272 g/mol. The van der Waals surface area contributed by atoms with Crippen LogP contribution in [0.3, 0.4) is 0 Å². The zero-order chi connectivity index (χ0) is 11.5. The summed E-state index contributed by atoms with van der Waals surface area (Å²) < 4.78 is 11.8. The molecule has 0 unspecified atom stereocenters. The summed E-state index contributed by atoms with van der Waals surface area (Å²) in [6.45, 7) is 0.737. The number of halogens is 1. The molecule has 1 N–H and O–H groups in total. The van der Waals surface area contributed by atoms with Gasteiger partial charge in [-0.2, -0.15) is 0 Å². The van der Waals surface area contributed by atoms with Gasteiger partial charge < -0.3 is 14.6 Å². The third-order valence-electron chi connectivity index (χ3n) is 2.67. The molecule has 1 aliphatic carbocycles. The van der Waals surface area contributed by atoms with Crippen LogP contribution in [0.2, 0.25) is 0 Å². The highest BCUT2D eigenvalue weighted by Gasteiger charge is 2.22. The maximum Gasteiger partial charge on any atom is 0.162 e. The number of methoxy groups -OCH3 is 1. The SMILES string of the molecule is COc1cc(CO)c(Br)cc1OCC1CC1. The molecule has 0 bridgehead atoms. The van der Waals surface area contributed by atoms with Crippen LogP contribution < -0.4 is 9.47 Å². The van der Waals surface area contributed by atoms with Gasteiger partial charge in [0.25, 0.3) is 0 Å². The van der Waals surface area contributed by atoms with E-state index in [9.17, 15) is 0 Å². The van der Waals surface area contributed by atoms with E-state index in [1.165, 1.54) is 12.8 Å². The Balaban J connectivity index is 2.16. The predicted molar refractivity (Wildman–Crippen MR) is 64.8 cm³/mol. The van der Waals surface area contributed by atoms with Crippen LogP contribution in [0.25, 0.3) is 0 Å². The molecule has 1 aromatic rings. The Morgan fingerprint density at radius 3 is 2.69 bits per heavy atom. The van der Waals surface area contributed by atoms with Crippen LogP contribution in [0.4, 0.5) is 0 Å². The quantitative estimate of drug-likeness (QED) is 0.905. The van der Waals surface area contributed by atoms with Crippen molar-refractivity contribution < 1.29 is 14.6 Å². The normalized spacial score (nSPS) is 14.9. The lowest BCUT2D eigenvalue weighted by atomic mass is 10.2. The van der Waals surface area contributed by atoms with Gasteiger partial charge in [0.2, 0.25) is 0 Å². The molecule has 1 fully saturated rings. The number of aliphatic hydroxyl groups is 1. The lowest BCUT2D eigenvalue weighted by Crippen LogP contribution is -2.01. The van der Waals surface area contributed by atoms with Gasteiger partial charge in [-0.25, -0.2) is 0 Å². The fraction of sp³-hybridized carbons (Fsp3) is 0.500. The van der Waals surface area contributed by atoms with Crippen LogP contribution >= 0.6 is 15.9 Å². The lowest BCUT2D eigenvalue weighted by Gasteiger charge is -2.12. The molecule has 0 atom stereocenters. The summed E-state index contributed by atoms with van der Waals surface area (Å²) >= 11 is 3.40. The Bertz CT molecular complexity index is 375. The molecule has 0 spiro atoms. The van der Waals surface area contributed by atoms with Gasteiger partial charge in [-0.05, 0) is 36.5 Å². The first-order valence-electron chi connectivity index (χ1n) is 5.34. The van der Waals surface area contributed by atoms with E-state index >= 15 is 0 Å². The van der Waals surface area contributed by atoms with Crippen LogP contribution in [-0.4, -0.2) is 18.8 Å². The van der Waals surface area contributed by atoms with E-state index in [-0.39, 0.29) is 6.61 Å². The van der Waals surface area contributed by atoms with Crippen molar-refractivity contribution >= 4 is 15.9 Å². The van der Waals surface area contributed by atoms with Gasteiger partial charge in [0, 0.05) is 4.47 Å². The molecule has 1 aromatic carbocycles. The van der Waals surface area contributed by atoms with Crippen LogP contribution in [0.1, 0.15) is 18.4 Å². The average Bonchev–Trinajstić information content (AvgIpc) is 3.10. The van der Waals surface area contributed by atoms with E-state index in [2.05, 4.69) is 15.9 Å². The Morgan fingerprint density at radius 2 is 2.12 bits per heavy atom. The smallest absolute Gasteiger partial charge is 0.162 e. The number of hydrogen-bond donors (Lipinski definition) is 1. The Hall–Kier alpha value is -0.740. The molecule has 4 heteroatoms. The maximum atomic E-state index is 9.13. The van der Waals surface area contributed by atoms with Crippen LogP contribution in [0.15, 0.2) is 16.6 Å². The monoisotopic (exact) mass is 286 g/mol. The third kappa shape index (κ3) is 2.68. The average molecular weight is 287 g/mol. The van der Waals surface area contributed by atoms with Crippen molar-refractivity contribution in [2.24, 2.45) is 5.92 Å². The molecule has 1 aliphatic rings. The van der Waals surface area contributed by atoms with Crippen molar-refractivity contribution in [1.82, 2.24) is 0 Å². The fourth-order valence-corrected chi connectivity index (χ4v) is 1.91.